The van der Waals surface area contributed by atoms with Gasteiger partial charge in [-0.25, -0.2) is 0 Å². The molecule has 0 bridgehead atoms. The van der Waals surface area contributed by atoms with E-state index in [4.69, 9.17) is 12.2 Å². The largest absolute Gasteiger partial charge is 0.302 e. The Morgan fingerprint density at radius 2 is 1.90 bits per heavy atom. The van der Waals surface area contributed by atoms with Gasteiger partial charge in [-0.05, 0) is 37.2 Å². The zero-order valence-corrected chi connectivity index (χ0v) is 12.7. The third kappa shape index (κ3) is 2.58. The molecule has 1 saturated heterocycles. The van der Waals surface area contributed by atoms with Crippen LogP contribution in [0.2, 0.25) is 0 Å². The molecule has 1 aliphatic rings. The molecule has 1 aromatic carbocycles. The zero-order valence-electron chi connectivity index (χ0n) is 11.8. The number of anilines is 1. The van der Waals surface area contributed by atoms with Crippen LogP contribution in [0.15, 0.2) is 24.3 Å². The van der Waals surface area contributed by atoms with E-state index in [0.717, 1.165) is 12.0 Å². The fourth-order valence-corrected chi connectivity index (χ4v) is 2.56. The van der Waals surface area contributed by atoms with Crippen LogP contribution in [-0.2, 0) is 9.59 Å². The molecule has 2 atom stereocenters. The SMILES string of the molecule is CCC(C)C1C(=O)NC(=S)N(c2ccc(C)cc2)C1=O. The van der Waals surface area contributed by atoms with Crippen molar-refractivity contribution in [1.82, 2.24) is 5.32 Å². The Morgan fingerprint density at radius 3 is 2.45 bits per heavy atom. The lowest BCUT2D eigenvalue weighted by Gasteiger charge is -2.34. The van der Waals surface area contributed by atoms with Gasteiger partial charge in [0.05, 0.1) is 5.69 Å². The van der Waals surface area contributed by atoms with Crippen LogP contribution in [0.5, 0.6) is 0 Å². The Kier molecular flexibility index (Phi) is 4.18. The van der Waals surface area contributed by atoms with Crippen molar-refractivity contribution in [3.05, 3.63) is 29.8 Å². The normalized spacial score (nSPS) is 20.9. The first kappa shape index (κ1) is 14.7. The molecule has 1 aliphatic heterocycles. The van der Waals surface area contributed by atoms with Crippen molar-refractivity contribution in [3.8, 4) is 0 Å². The maximum absolute atomic E-state index is 12.6. The number of benzene rings is 1. The van der Waals surface area contributed by atoms with Crippen LogP contribution >= 0.6 is 12.2 Å². The van der Waals surface area contributed by atoms with Crippen molar-refractivity contribution in [2.75, 3.05) is 4.90 Å². The van der Waals surface area contributed by atoms with Crippen LogP contribution in [0.3, 0.4) is 0 Å². The van der Waals surface area contributed by atoms with Gasteiger partial charge in [-0.1, -0.05) is 38.0 Å². The van der Waals surface area contributed by atoms with E-state index in [1.165, 1.54) is 4.90 Å². The maximum Gasteiger partial charge on any atom is 0.246 e. The lowest BCUT2D eigenvalue weighted by atomic mass is 9.88. The summed E-state index contributed by atoms with van der Waals surface area (Å²) in [6.45, 7) is 5.85. The molecule has 0 aliphatic carbocycles. The van der Waals surface area contributed by atoms with Crippen LogP contribution in [0.25, 0.3) is 0 Å². The Hall–Kier alpha value is -1.75. The Morgan fingerprint density at radius 1 is 1.30 bits per heavy atom. The van der Waals surface area contributed by atoms with Gasteiger partial charge in [0.15, 0.2) is 5.11 Å². The predicted molar refractivity (Wildman–Crippen MR) is 82.4 cm³/mol. The molecule has 5 heteroatoms. The van der Waals surface area contributed by atoms with Crippen molar-refractivity contribution in [3.63, 3.8) is 0 Å². The van der Waals surface area contributed by atoms with Gasteiger partial charge >= 0.3 is 0 Å². The third-order valence-electron chi connectivity index (χ3n) is 3.71. The minimum absolute atomic E-state index is 0.0152. The molecule has 0 aromatic heterocycles. The lowest BCUT2D eigenvalue weighted by Crippen LogP contribution is -2.59. The van der Waals surface area contributed by atoms with Gasteiger partial charge in [-0.15, -0.1) is 0 Å². The smallest absolute Gasteiger partial charge is 0.246 e. The molecule has 1 heterocycles. The van der Waals surface area contributed by atoms with E-state index in [0.29, 0.717) is 5.69 Å². The molecule has 106 valence electrons. The van der Waals surface area contributed by atoms with Crippen LogP contribution in [0, 0.1) is 18.8 Å². The molecular weight excluding hydrogens is 272 g/mol. The second kappa shape index (κ2) is 5.71. The van der Waals surface area contributed by atoms with E-state index in [-0.39, 0.29) is 22.8 Å². The summed E-state index contributed by atoms with van der Waals surface area (Å²) in [5.41, 5.74) is 1.80. The van der Waals surface area contributed by atoms with Crippen LogP contribution < -0.4 is 10.2 Å². The Balaban J connectivity index is 2.37. The fraction of sp³-hybridized carbons (Fsp3) is 0.400. The number of nitrogens with one attached hydrogen (secondary N) is 1. The van der Waals surface area contributed by atoms with Gasteiger partial charge < -0.3 is 5.32 Å². The zero-order chi connectivity index (χ0) is 14.9. The molecule has 0 spiro atoms. The monoisotopic (exact) mass is 290 g/mol. The van der Waals surface area contributed by atoms with E-state index < -0.39 is 5.92 Å². The van der Waals surface area contributed by atoms with E-state index in [2.05, 4.69) is 5.32 Å². The highest BCUT2D eigenvalue weighted by molar-refractivity contribution is 7.80. The number of carbonyl (C=O) groups is 2. The summed E-state index contributed by atoms with van der Waals surface area (Å²) >= 11 is 5.15. The van der Waals surface area contributed by atoms with E-state index >= 15 is 0 Å². The van der Waals surface area contributed by atoms with Gasteiger partial charge in [0.1, 0.15) is 5.92 Å². The third-order valence-corrected chi connectivity index (χ3v) is 3.99. The highest BCUT2D eigenvalue weighted by Gasteiger charge is 2.41. The minimum Gasteiger partial charge on any atom is -0.302 e. The first-order valence-electron chi connectivity index (χ1n) is 6.71. The average molecular weight is 290 g/mol. The Labute approximate surface area is 124 Å². The maximum atomic E-state index is 12.6. The molecule has 2 amide bonds. The molecule has 2 rings (SSSR count). The topological polar surface area (TPSA) is 49.4 Å². The van der Waals surface area contributed by atoms with Crippen molar-refractivity contribution < 1.29 is 9.59 Å². The van der Waals surface area contributed by atoms with Gasteiger partial charge in [0, 0.05) is 0 Å². The quantitative estimate of drug-likeness (QED) is 0.687. The van der Waals surface area contributed by atoms with Crippen molar-refractivity contribution in [1.29, 1.82) is 0 Å². The molecule has 20 heavy (non-hydrogen) atoms. The first-order chi connectivity index (χ1) is 9.45. The molecule has 1 N–H and O–H groups in total. The number of hydrogen-bond acceptors (Lipinski definition) is 3. The van der Waals surface area contributed by atoms with Crippen molar-refractivity contribution in [2.45, 2.75) is 27.2 Å². The van der Waals surface area contributed by atoms with E-state index in [1.54, 1.807) is 0 Å². The summed E-state index contributed by atoms with van der Waals surface area (Å²) in [7, 11) is 0. The summed E-state index contributed by atoms with van der Waals surface area (Å²) in [6, 6.07) is 7.51. The Bertz CT molecular complexity index is 553. The summed E-state index contributed by atoms with van der Waals surface area (Å²) < 4.78 is 0. The van der Waals surface area contributed by atoms with Gasteiger partial charge in [0.2, 0.25) is 11.8 Å². The number of amides is 2. The lowest BCUT2D eigenvalue weighted by molar-refractivity contribution is -0.135. The summed E-state index contributed by atoms with van der Waals surface area (Å²) in [4.78, 5) is 26.0. The number of thiocarbonyl (C=S) groups is 1. The van der Waals surface area contributed by atoms with E-state index in [9.17, 15) is 9.59 Å². The number of rotatable bonds is 3. The van der Waals surface area contributed by atoms with Crippen molar-refractivity contribution in [2.24, 2.45) is 11.8 Å². The number of hydrogen-bond donors (Lipinski definition) is 1. The highest BCUT2D eigenvalue weighted by Crippen LogP contribution is 2.26. The molecule has 0 radical (unpaired) electrons. The number of nitrogens with zero attached hydrogens (tertiary/aromatic N) is 1. The van der Waals surface area contributed by atoms with Gasteiger partial charge in [-0.3, -0.25) is 14.5 Å². The summed E-state index contributed by atoms with van der Waals surface area (Å²) in [5.74, 6) is -1.22. The highest BCUT2D eigenvalue weighted by atomic mass is 32.1. The predicted octanol–water partition coefficient (Wildman–Crippen LogP) is 2.41. The average Bonchev–Trinajstić information content (AvgIpc) is 2.40. The fourth-order valence-electron chi connectivity index (χ4n) is 2.27. The molecular formula is C15H18N2O2S. The molecule has 1 fully saturated rings. The first-order valence-corrected chi connectivity index (χ1v) is 7.12. The summed E-state index contributed by atoms with van der Waals surface area (Å²) in [6.07, 6.45) is 0.762. The van der Waals surface area contributed by atoms with Crippen LogP contribution in [0.1, 0.15) is 25.8 Å². The van der Waals surface area contributed by atoms with Crippen LogP contribution in [-0.4, -0.2) is 16.9 Å². The molecule has 1 aromatic rings. The molecule has 0 saturated carbocycles. The van der Waals surface area contributed by atoms with Crippen molar-refractivity contribution >= 4 is 34.8 Å². The minimum atomic E-state index is -0.673. The second-order valence-electron chi connectivity index (χ2n) is 5.17. The summed E-state index contributed by atoms with van der Waals surface area (Å²) in [5, 5.41) is 2.79. The molecule has 4 nitrogen and oxygen atoms in total. The number of aryl methyl sites for hydroxylation is 1. The molecule has 2 unspecified atom stereocenters. The number of carbonyl (C=O) groups excluding carboxylic acids is 2. The van der Waals surface area contributed by atoms with Gasteiger partial charge in [-0.2, -0.15) is 0 Å². The van der Waals surface area contributed by atoms with Gasteiger partial charge in [0.25, 0.3) is 0 Å². The van der Waals surface area contributed by atoms with E-state index in [1.807, 2.05) is 45.0 Å². The van der Waals surface area contributed by atoms with Crippen LogP contribution in [0.4, 0.5) is 5.69 Å². The standard InChI is InChI=1S/C15H18N2O2S/c1-4-10(3)12-13(18)16-15(20)17(14(12)19)11-7-5-9(2)6-8-11/h5-8,10,12H,4H2,1-3H3,(H,16,18,20). The second-order valence-corrected chi connectivity index (χ2v) is 5.55.